The van der Waals surface area contributed by atoms with Crippen LogP contribution in [0.4, 0.5) is 5.82 Å². The van der Waals surface area contributed by atoms with Crippen LogP contribution in [0.5, 0.6) is 0 Å². The molecule has 2 N–H and O–H groups in total. The summed E-state index contributed by atoms with van der Waals surface area (Å²) in [5, 5.41) is 14.7. The molecule has 4 nitrogen and oxygen atoms in total. The number of halogens is 1. The van der Waals surface area contributed by atoms with Crippen LogP contribution in [0.25, 0.3) is 10.8 Å². The van der Waals surface area contributed by atoms with Crippen LogP contribution in [0.15, 0.2) is 24.4 Å². The molecule has 1 saturated carbocycles. The summed E-state index contributed by atoms with van der Waals surface area (Å²) in [6, 6.07) is 5.30. The number of aromatic carboxylic acids is 1. The van der Waals surface area contributed by atoms with Crippen molar-refractivity contribution in [1.82, 2.24) is 4.98 Å². The number of nitrogens with one attached hydrogen (secondary N) is 1. The monoisotopic (exact) mass is 360 g/mol. The number of pyridine rings is 1. The molecular formula is C20H25ClN2O2. The predicted octanol–water partition coefficient (Wildman–Crippen LogP) is 5.60. The lowest BCUT2D eigenvalue weighted by Crippen LogP contribution is -2.31. The Hall–Kier alpha value is -1.81. The molecule has 0 amide bonds. The van der Waals surface area contributed by atoms with E-state index in [0.717, 1.165) is 29.5 Å². The highest BCUT2D eigenvalue weighted by molar-refractivity contribution is 6.38. The van der Waals surface area contributed by atoms with Crippen molar-refractivity contribution in [3.8, 4) is 0 Å². The predicted molar refractivity (Wildman–Crippen MR) is 103 cm³/mol. The van der Waals surface area contributed by atoms with Gasteiger partial charge >= 0.3 is 5.97 Å². The number of anilines is 1. The Kier molecular flexibility index (Phi) is 4.92. The smallest absolute Gasteiger partial charge is 0.335 e. The van der Waals surface area contributed by atoms with E-state index in [2.05, 4.69) is 31.1 Å². The van der Waals surface area contributed by atoms with E-state index in [0.29, 0.717) is 22.3 Å². The third-order valence-electron chi connectivity index (χ3n) is 5.37. The second-order valence-electron chi connectivity index (χ2n) is 8.09. The lowest BCUT2D eigenvalue weighted by Gasteiger charge is -2.37. The molecule has 1 aromatic carbocycles. The van der Waals surface area contributed by atoms with Crippen molar-refractivity contribution in [2.24, 2.45) is 11.3 Å². The molecule has 0 saturated heterocycles. The fourth-order valence-corrected chi connectivity index (χ4v) is 3.98. The van der Waals surface area contributed by atoms with E-state index in [1.807, 2.05) is 0 Å². The Balaban J connectivity index is 1.78. The van der Waals surface area contributed by atoms with Gasteiger partial charge in [-0.1, -0.05) is 38.4 Å². The summed E-state index contributed by atoms with van der Waals surface area (Å²) < 4.78 is 0. The molecule has 1 heterocycles. The third kappa shape index (κ3) is 3.90. The van der Waals surface area contributed by atoms with Crippen LogP contribution in [-0.2, 0) is 0 Å². The van der Waals surface area contributed by atoms with E-state index in [-0.39, 0.29) is 5.56 Å². The number of carboxylic acids is 1. The number of hydrogen-bond donors (Lipinski definition) is 2. The maximum absolute atomic E-state index is 11.2. The van der Waals surface area contributed by atoms with Crippen molar-refractivity contribution in [2.45, 2.75) is 52.5 Å². The largest absolute Gasteiger partial charge is 0.478 e. The van der Waals surface area contributed by atoms with Gasteiger partial charge in [-0.05, 0) is 49.1 Å². The lowest BCUT2D eigenvalue weighted by atomic mass is 9.71. The zero-order chi connectivity index (χ0) is 18.2. The number of carbonyl (C=O) groups is 1. The topological polar surface area (TPSA) is 62.2 Å². The average molecular weight is 361 g/mol. The van der Waals surface area contributed by atoms with Crippen molar-refractivity contribution in [2.75, 3.05) is 5.32 Å². The molecule has 2 aromatic rings. The molecule has 0 bridgehead atoms. The highest BCUT2D eigenvalue weighted by Gasteiger charge is 2.30. The fraction of sp³-hybridized carbons (Fsp3) is 0.500. The molecule has 1 aromatic heterocycles. The lowest BCUT2D eigenvalue weighted by molar-refractivity contribution is 0.0697. The van der Waals surface area contributed by atoms with Gasteiger partial charge in [-0.25, -0.2) is 9.78 Å². The molecule has 0 aliphatic heterocycles. The Bertz CT molecular complexity index is 790. The molecule has 1 aliphatic rings. The van der Waals surface area contributed by atoms with Crippen molar-refractivity contribution in [3.63, 3.8) is 0 Å². The molecule has 0 spiro atoms. The van der Waals surface area contributed by atoms with Gasteiger partial charge in [0.2, 0.25) is 0 Å². The van der Waals surface area contributed by atoms with Gasteiger partial charge in [0.1, 0.15) is 5.82 Å². The first-order valence-corrected chi connectivity index (χ1v) is 9.21. The molecule has 3 rings (SSSR count). The van der Waals surface area contributed by atoms with Gasteiger partial charge in [-0.3, -0.25) is 0 Å². The SMILES string of the molecule is CC(C)(C)[C@H]1CC[C@H](Nc2ncc3ccc(C(=O)O)cc3c2Cl)CC1. The second kappa shape index (κ2) is 6.83. The van der Waals surface area contributed by atoms with Gasteiger partial charge in [0, 0.05) is 23.0 Å². The van der Waals surface area contributed by atoms with Gasteiger partial charge in [-0.15, -0.1) is 0 Å². The fourth-order valence-electron chi connectivity index (χ4n) is 3.71. The van der Waals surface area contributed by atoms with Crippen LogP contribution < -0.4 is 5.32 Å². The summed E-state index contributed by atoms with van der Waals surface area (Å²) in [7, 11) is 0. The number of carboxylic acid groups (broad SMARTS) is 1. The number of rotatable bonds is 3. The molecule has 25 heavy (non-hydrogen) atoms. The number of aromatic nitrogens is 1. The van der Waals surface area contributed by atoms with Crippen molar-refractivity contribution >= 4 is 34.2 Å². The number of benzene rings is 1. The van der Waals surface area contributed by atoms with E-state index < -0.39 is 5.97 Å². The Labute approximate surface area is 153 Å². The van der Waals surface area contributed by atoms with Crippen LogP contribution >= 0.6 is 11.6 Å². The van der Waals surface area contributed by atoms with E-state index in [1.165, 1.54) is 12.8 Å². The standard InChI is InChI=1S/C20H25ClN2O2/c1-20(2,3)14-6-8-15(9-7-14)23-18-17(21)16-10-12(19(24)25)4-5-13(16)11-22-18/h4-5,10-11,14-15H,6-9H2,1-3H3,(H,22,23)(H,24,25)/t14-,15-. The number of hydrogen-bond acceptors (Lipinski definition) is 3. The maximum atomic E-state index is 11.2. The second-order valence-corrected chi connectivity index (χ2v) is 8.46. The van der Waals surface area contributed by atoms with Crippen LogP contribution in [-0.4, -0.2) is 22.1 Å². The molecule has 1 aliphatic carbocycles. The summed E-state index contributed by atoms with van der Waals surface area (Å²) >= 11 is 6.52. The number of fused-ring (bicyclic) bond motifs is 1. The average Bonchev–Trinajstić information content (AvgIpc) is 2.57. The van der Waals surface area contributed by atoms with Gasteiger partial charge in [-0.2, -0.15) is 0 Å². The molecule has 0 unspecified atom stereocenters. The highest BCUT2D eigenvalue weighted by atomic mass is 35.5. The normalized spacial score (nSPS) is 21.3. The molecule has 5 heteroatoms. The van der Waals surface area contributed by atoms with E-state index in [4.69, 9.17) is 11.6 Å². The summed E-state index contributed by atoms with van der Waals surface area (Å²) in [4.78, 5) is 15.6. The Morgan fingerprint density at radius 3 is 2.52 bits per heavy atom. The maximum Gasteiger partial charge on any atom is 0.335 e. The van der Waals surface area contributed by atoms with Crippen molar-refractivity contribution in [3.05, 3.63) is 35.0 Å². The van der Waals surface area contributed by atoms with Gasteiger partial charge in [0.15, 0.2) is 0 Å². The molecule has 0 radical (unpaired) electrons. The zero-order valence-electron chi connectivity index (χ0n) is 15.0. The highest BCUT2D eigenvalue weighted by Crippen LogP contribution is 2.39. The molecular weight excluding hydrogens is 336 g/mol. The van der Waals surface area contributed by atoms with Crippen LogP contribution in [0.2, 0.25) is 5.02 Å². The summed E-state index contributed by atoms with van der Waals surface area (Å²) in [5.74, 6) is 0.449. The van der Waals surface area contributed by atoms with Crippen LogP contribution in [0.3, 0.4) is 0 Å². The molecule has 0 atom stereocenters. The minimum atomic E-state index is -0.954. The van der Waals surface area contributed by atoms with E-state index in [1.54, 1.807) is 24.4 Å². The first-order valence-electron chi connectivity index (χ1n) is 8.84. The minimum absolute atomic E-state index is 0.234. The minimum Gasteiger partial charge on any atom is -0.478 e. The van der Waals surface area contributed by atoms with Gasteiger partial charge in [0.25, 0.3) is 0 Å². The van der Waals surface area contributed by atoms with Crippen molar-refractivity contribution < 1.29 is 9.90 Å². The third-order valence-corrected chi connectivity index (χ3v) is 5.75. The number of nitrogens with zero attached hydrogens (tertiary/aromatic N) is 1. The molecule has 1 fully saturated rings. The first-order chi connectivity index (χ1) is 11.8. The Morgan fingerprint density at radius 1 is 1.24 bits per heavy atom. The Morgan fingerprint density at radius 2 is 1.92 bits per heavy atom. The summed E-state index contributed by atoms with van der Waals surface area (Å²) in [6.45, 7) is 6.94. The van der Waals surface area contributed by atoms with Gasteiger partial charge < -0.3 is 10.4 Å². The van der Waals surface area contributed by atoms with Gasteiger partial charge in [0.05, 0.1) is 10.6 Å². The van der Waals surface area contributed by atoms with E-state index in [9.17, 15) is 9.90 Å². The summed E-state index contributed by atoms with van der Waals surface area (Å²) in [5.41, 5.74) is 0.592. The summed E-state index contributed by atoms with van der Waals surface area (Å²) in [6.07, 6.45) is 6.36. The first kappa shape index (κ1) is 18.0. The zero-order valence-corrected chi connectivity index (χ0v) is 15.7. The molecule has 134 valence electrons. The van der Waals surface area contributed by atoms with Crippen LogP contribution in [0.1, 0.15) is 56.8 Å². The quantitative estimate of drug-likeness (QED) is 0.747. The van der Waals surface area contributed by atoms with Crippen molar-refractivity contribution in [1.29, 1.82) is 0 Å². The van der Waals surface area contributed by atoms with E-state index >= 15 is 0 Å². The van der Waals surface area contributed by atoms with Crippen LogP contribution in [0, 0.1) is 11.3 Å².